The van der Waals surface area contributed by atoms with E-state index >= 15 is 0 Å². The van der Waals surface area contributed by atoms with Crippen molar-refractivity contribution in [1.29, 1.82) is 0 Å². The molecule has 0 unspecified atom stereocenters. The van der Waals surface area contributed by atoms with Crippen LogP contribution < -0.4 is 11.5 Å². The number of anilines is 2. The van der Waals surface area contributed by atoms with Crippen LogP contribution in [0.2, 0.25) is 5.02 Å². The maximum absolute atomic E-state index is 13.3. The van der Waals surface area contributed by atoms with Gasteiger partial charge in [0.15, 0.2) is 0 Å². The van der Waals surface area contributed by atoms with Crippen molar-refractivity contribution in [2.24, 2.45) is 0 Å². The summed E-state index contributed by atoms with van der Waals surface area (Å²) in [5, 5.41) is -0.609. The summed E-state index contributed by atoms with van der Waals surface area (Å²) in [5.41, 5.74) is 9.76. The second kappa shape index (κ2) is 5.06. The summed E-state index contributed by atoms with van der Waals surface area (Å²) in [5.74, 6) is -1.31. The molecule has 0 bridgehead atoms. The molecule has 1 aromatic heterocycles. The van der Waals surface area contributed by atoms with Crippen LogP contribution in [0.15, 0.2) is 17.0 Å². The third kappa shape index (κ3) is 2.73. The molecule has 112 valence electrons. The molecule has 1 aromatic carbocycles. The molecule has 2 aromatic rings. The monoisotopic (exact) mass is 336 g/mol. The minimum absolute atomic E-state index is 0.106. The average Bonchev–Trinajstić information content (AvgIpc) is 2.36. The molecule has 1 heterocycles. The lowest BCUT2D eigenvalue weighted by atomic mass is 10.1. The van der Waals surface area contributed by atoms with E-state index in [9.17, 15) is 17.2 Å². The van der Waals surface area contributed by atoms with Crippen molar-refractivity contribution >= 4 is 33.1 Å². The van der Waals surface area contributed by atoms with Gasteiger partial charge < -0.3 is 11.5 Å². The van der Waals surface area contributed by atoms with E-state index in [1.165, 1.54) is 0 Å². The van der Waals surface area contributed by atoms with E-state index in [1.807, 2.05) is 0 Å². The Bertz CT molecular complexity index is 845. The Morgan fingerprint density at radius 2 is 1.76 bits per heavy atom. The van der Waals surface area contributed by atoms with Gasteiger partial charge in [0, 0.05) is 5.56 Å². The van der Waals surface area contributed by atoms with Crippen LogP contribution in [0.25, 0.3) is 11.3 Å². The third-order valence-electron chi connectivity index (χ3n) is 2.56. The summed E-state index contributed by atoms with van der Waals surface area (Å²) in [4.78, 5) is 5.44. The van der Waals surface area contributed by atoms with E-state index in [4.69, 9.17) is 27.6 Å². The molecule has 0 aliphatic heterocycles. The van der Waals surface area contributed by atoms with Gasteiger partial charge in [0.1, 0.15) is 15.6 Å². The number of hydrogen-bond donors (Lipinski definition) is 3. The number of nitrogens with two attached hydrogens (primary N) is 2. The minimum Gasteiger partial charge on any atom is -0.396 e. The van der Waals surface area contributed by atoms with Crippen LogP contribution in [0.5, 0.6) is 0 Å². The van der Waals surface area contributed by atoms with Crippen LogP contribution in [0.4, 0.5) is 20.2 Å². The second-order valence-corrected chi connectivity index (χ2v) is 5.63. The minimum atomic E-state index is -4.60. The molecular formula is C10H7ClF2N4O3S. The average molecular weight is 337 g/mol. The molecule has 0 aliphatic carbocycles. The smallest absolute Gasteiger partial charge is 0.311 e. The number of nitrogen functional groups attached to an aromatic ring is 2. The van der Waals surface area contributed by atoms with Gasteiger partial charge >= 0.3 is 6.08 Å². The summed E-state index contributed by atoms with van der Waals surface area (Å²) < 4.78 is 57.5. The van der Waals surface area contributed by atoms with Crippen LogP contribution in [0, 0.1) is 12.0 Å². The lowest BCUT2D eigenvalue weighted by Crippen LogP contribution is -2.08. The van der Waals surface area contributed by atoms with Crippen LogP contribution >= 0.6 is 11.6 Å². The molecule has 0 fully saturated rings. The Morgan fingerprint density at radius 3 is 2.33 bits per heavy atom. The van der Waals surface area contributed by atoms with E-state index in [2.05, 4.69) is 9.97 Å². The SMILES string of the molecule is Nc1c(-c2nc(F)nc(F)c2Cl)ccc(S(=O)(=O)O)c1N. The van der Waals surface area contributed by atoms with E-state index in [1.54, 1.807) is 0 Å². The highest BCUT2D eigenvalue weighted by Crippen LogP contribution is 2.37. The molecule has 0 amide bonds. The van der Waals surface area contributed by atoms with Gasteiger partial charge in [-0.25, -0.2) is 4.98 Å². The van der Waals surface area contributed by atoms with Crippen LogP contribution in [-0.4, -0.2) is 22.9 Å². The highest BCUT2D eigenvalue weighted by atomic mass is 35.5. The van der Waals surface area contributed by atoms with Crippen molar-refractivity contribution in [3.63, 3.8) is 0 Å². The van der Waals surface area contributed by atoms with Crippen molar-refractivity contribution in [3.8, 4) is 11.3 Å². The van der Waals surface area contributed by atoms with Crippen molar-refractivity contribution < 1.29 is 21.8 Å². The second-order valence-electron chi connectivity index (χ2n) is 3.86. The molecule has 5 N–H and O–H groups in total. The molecule has 0 spiro atoms. The van der Waals surface area contributed by atoms with Crippen molar-refractivity contribution in [2.75, 3.05) is 11.5 Å². The molecule has 21 heavy (non-hydrogen) atoms. The summed E-state index contributed by atoms with van der Waals surface area (Å²) in [6.07, 6.45) is -1.39. The Labute approximate surface area is 122 Å². The van der Waals surface area contributed by atoms with Crippen LogP contribution in [0.1, 0.15) is 0 Å². The summed E-state index contributed by atoms with van der Waals surface area (Å²) in [6, 6.07) is 1.96. The van der Waals surface area contributed by atoms with Gasteiger partial charge in [0.05, 0.1) is 11.4 Å². The fourth-order valence-electron chi connectivity index (χ4n) is 1.62. The fraction of sp³-hybridized carbons (Fsp3) is 0. The largest absolute Gasteiger partial charge is 0.396 e. The molecule has 7 nitrogen and oxygen atoms in total. The first-order valence-corrected chi connectivity index (χ1v) is 6.99. The predicted octanol–water partition coefficient (Wildman–Crippen LogP) is 1.49. The van der Waals surface area contributed by atoms with E-state index < -0.39 is 43.4 Å². The summed E-state index contributed by atoms with van der Waals surface area (Å²) in [6.45, 7) is 0. The van der Waals surface area contributed by atoms with E-state index in [0.29, 0.717) is 0 Å². The molecular weight excluding hydrogens is 330 g/mol. The fourth-order valence-corrected chi connectivity index (χ4v) is 2.43. The number of hydrogen-bond acceptors (Lipinski definition) is 6. The Kier molecular flexibility index (Phi) is 3.70. The van der Waals surface area contributed by atoms with Crippen LogP contribution in [0.3, 0.4) is 0 Å². The summed E-state index contributed by atoms with van der Waals surface area (Å²) in [7, 11) is -4.60. The zero-order valence-electron chi connectivity index (χ0n) is 10.0. The number of aromatic nitrogens is 2. The third-order valence-corrected chi connectivity index (χ3v) is 3.81. The van der Waals surface area contributed by atoms with Gasteiger partial charge in [-0.3, -0.25) is 4.55 Å². The standard InChI is InChI=1S/C10H7ClF2N4O3S/c11-5-8(16-10(13)17-9(5)12)3-1-2-4(21(18,19)20)7(15)6(3)14/h1-2H,14-15H2,(H,18,19,20). The molecule has 0 aliphatic rings. The number of halogens is 3. The Morgan fingerprint density at radius 1 is 1.14 bits per heavy atom. The molecule has 0 saturated heterocycles. The van der Waals surface area contributed by atoms with E-state index in [0.717, 1.165) is 12.1 Å². The van der Waals surface area contributed by atoms with Gasteiger partial charge in [-0.05, 0) is 12.1 Å². The number of benzene rings is 1. The quantitative estimate of drug-likeness (QED) is 0.327. The number of rotatable bonds is 2. The first kappa shape index (κ1) is 15.4. The van der Waals surface area contributed by atoms with Crippen LogP contribution in [-0.2, 0) is 10.1 Å². The van der Waals surface area contributed by atoms with Gasteiger partial charge in [-0.1, -0.05) is 11.6 Å². The lowest BCUT2D eigenvalue weighted by molar-refractivity contribution is 0.482. The van der Waals surface area contributed by atoms with Gasteiger partial charge in [-0.15, -0.1) is 0 Å². The Balaban J connectivity index is 2.76. The van der Waals surface area contributed by atoms with Gasteiger partial charge in [0.25, 0.3) is 10.1 Å². The maximum Gasteiger partial charge on any atom is 0.311 e. The normalized spacial score (nSPS) is 11.6. The van der Waals surface area contributed by atoms with E-state index in [-0.39, 0.29) is 11.3 Å². The molecule has 11 heteroatoms. The number of nitrogens with zero attached hydrogens (tertiary/aromatic N) is 2. The molecule has 0 radical (unpaired) electrons. The van der Waals surface area contributed by atoms with Crippen molar-refractivity contribution in [3.05, 3.63) is 29.2 Å². The maximum atomic E-state index is 13.3. The lowest BCUT2D eigenvalue weighted by Gasteiger charge is -2.11. The first-order valence-electron chi connectivity index (χ1n) is 5.17. The molecule has 0 saturated carbocycles. The zero-order valence-corrected chi connectivity index (χ0v) is 11.6. The zero-order chi connectivity index (χ0) is 15.9. The molecule has 2 rings (SSSR count). The molecule has 0 atom stereocenters. The first-order chi connectivity index (χ1) is 9.62. The summed E-state index contributed by atoms with van der Waals surface area (Å²) >= 11 is 5.62. The predicted molar refractivity (Wildman–Crippen MR) is 71.0 cm³/mol. The van der Waals surface area contributed by atoms with Gasteiger partial charge in [-0.2, -0.15) is 22.2 Å². The van der Waals surface area contributed by atoms with Gasteiger partial charge in [0.2, 0.25) is 5.95 Å². The topological polar surface area (TPSA) is 132 Å². The van der Waals surface area contributed by atoms with Crippen molar-refractivity contribution in [1.82, 2.24) is 9.97 Å². The Hall–Kier alpha value is -2.04. The van der Waals surface area contributed by atoms with Crippen molar-refractivity contribution in [2.45, 2.75) is 4.90 Å². The highest BCUT2D eigenvalue weighted by molar-refractivity contribution is 7.86. The highest BCUT2D eigenvalue weighted by Gasteiger charge is 2.22.